The van der Waals surface area contributed by atoms with Crippen LogP contribution in [0.3, 0.4) is 0 Å². The number of hydrogen-bond donors (Lipinski definition) is 2. The van der Waals surface area contributed by atoms with E-state index < -0.39 is 24.5 Å². The van der Waals surface area contributed by atoms with Gasteiger partial charge >= 0.3 is 11.9 Å². The van der Waals surface area contributed by atoms with Crippen molar-refractivity contribution in [1.82, 2.24) is 4.98 Å². The Balaban J connectivity index is 2.05. The Kier molecular flexibility index (Phi) is 7.24. The van der Waals surface area contributed by atoms with Gasteiger partial charge < -0.3 is 29.2 Å². The minimum atomic E-state index is -0.756. The molecular weight excluding hydrogens is 380 g/mol. The van der Waals surface area contributed by atoms with Crippen LogP contribution in [0.1, 0.15) is 39.0 Å². The third-order valence-corrected chi connectivity index (χ3v) is 4.14. The molecule has 2 aromatic rings. The summed E-state index contributed by atoms with van der Waals surface area (Å²) >= 11 is 0. The fraction of sp³-hybridized carbons (Fsp3) is 0.350. The van der Waals surface area contributed by atoms with Crippen LogP contribution in [0.2, 0.25) is 0 Å². The van der Waals surface area contributed by atoms with Crippen molar-refractivity contribution in [2.24, 2.45) is 0 Å². The lowest BCUT2D eigenvalue weighted by molar-refractivity contribution is -0.119. The van der Waals surface area contributed by atoms with Crippen molar-refractivity contribution in [1.29, 1.82) is 0 Å². The SMILES string of the molecule is CCOC(=O)c1c(C)[nH]c(C(=O)OCC(=O)Nc2cc(OC)ccc2OC)c1C. The first-order valence-electron chi connectivity index (χ1n) is 8.87. The first-order valence-corrected chi connectivity index (χ1v) is 8.87. The molecule has 0 aliphatic rings. The summed E-state index contributed by atoms with van der Waals surface area (Å²) in [4.78, 5) is 39.4. The van der Waals surface area contributed by atoms with Crippen LogP contribution in [-0.4, -0.2) is 50.3 Å². The molecule has 2 rings (SSSR count). The third-order valence-electron chi connectivity index (χ3n) is 4.14. The summed E-state index contributed by atoms with van der Waals surface area (Å²) in [5.41, 5.74) is 1.64. The van der Waals surface area contributed by atoms with E-state index in [1.54, 1.807) is 39.0 Å². The highest BCUT2D eigenvalue weighted by Gasteiger charge is 2.24. The molecule has 1 amide bonds. The highest BCUT2D eigenvalue weighted by atomic mass is 16.5. The van der Waals surface area contributed by atoms with Crippen molar-refractivity contribution in [2.45, 2.75) is 20.8 Å². The maximum Gasteiger partial charge on any atom is 0.355 e. The first-order chi connectivity index (χ1) is 13.8. The fourth-order valence-electron chi connectivity index (χ4n) is 2.76. The summed E-state index contributed by atoms with van der Waals surface area (Å²) in [6.45, 7) is 4.65. The molecule has 2 N–H and O–H groups in total. The second-order valence-electron chi connectivity index (χ2n) is 6.04. The summed E-state index contributed by atoms with van der Waals surface area (Å²) in [7, 11) is 2.97. The van der Waals surface area contributed by atoms with Gasteiger partial charge in [0.1, 0.15) is 17.2 Å². The number of aryl methyl sites for hydroxylation is 1. The van der Waals surface area contributed by atoms with Crippen molar-refractivity contribution in [3.05, 3.63) is 40.7 Å². The van der Waals surface area contributed by atoms with E-state index in [2.05, 4.69) is 10.3 Å². The zero-order chi connectivity index (χ0) is 21.6. The largest absolute Gasteiger partial charge is 0.497 e. The maximum atomic E-state index is 12.4. The lowest BCUT2D eigenvalue weighted by Crippen LogP contribution is -2.21. The van der Waals surface area contributed by atoms with Gasteiger partial charge in [-0.25, -0.2) is 9.59 Å². The molecule has 0 unspecified atom stereocenters. The number of amides is 1. The second kappa shape index (κ2) is 9.63. The van der Waals surface area contributed by atoms with Gasteiger partial charge in [0.05, 0.1) is 32.1 Å². The Morgan fingerprint density at radius 1 is 1.03 bits per heavy atom. The minimum absolute atomic E-state index is 0.0947. The number of hydrogen-bond acceptors (Lipinski definition) is 7. The van der Waals surface area contributed by atoms with Crippen molar-refractivity contribution in [3.8, 4) is 11.5 Å². The van der Waals surface area contributed by atoms with Gasteiger partial charge in [0.2, 0.25) is 0 Å². The molecule has 0 fully saturated rings. The molecule has 9 heteroatoms. The number of H-pyrrole nitrogens is 1. The molecule has 0 atom stereocenters. The van der Waals surface area contributed by atoms with Crippen LogP contribution in [0.25, 0.3) is 0 Å². The van der Waals surface area contributed by atoms with Gasteiger partial charge in [-0.05, 0) is 38.5 Å². The average molecular weight is 404 g/mol. The molecule has 9 nitrogen and oxygen atoms in total. The van der Waals surface area contributed by atoms with E-state index in [0.717, 1.165) is 0 Å². The molecular formula is C20H24N2O7. The number of nitrogens with one attached hydrogen (secondary N) is 2. The Labute approximate surface area is 168 Å². The molecule has 0 radical (unpaired) electrons. The highest BCUT2D eigenvalue weighted by Crippen LogP contribution is 2.28. The van der Waals surface area contributed by atoms with Crippen LogP contribution >= 0.6 is 0 Å². The van der Waals surface area contributed by atoms with E-state index in [0.29, 0.717) is 28.4 Å². The van der Waals surface area contributed by atoms with Crippen molar-refractivity contribution in [3.63, 3.8) is 0 Å². The number of anilines is 1. The lowest BCUT2D eigenvalue weighted by Gasteiger charge is -2.12. The summed E-state index contributed by atoms with van der Waals surface area (Å²) in [6, 6.07) is 4.91. The minimum Gasteiger partial charge on any atom is -0.497 e. The molecule has 0 spiro atoms. The number of aromatic amines is 1. The highest BCUT2D eigenvalue weighted by molar-refractivity contribution is 6.00. The number of methoxy groups -OCH3 is 2. The Morgan fingerprint density at radius 3 is 2.38 bits per heavy atom. The molecule has 29 heavy (non-hydrogen) atoms. The zero-order valence-electron chi connectivity index (χ0n) is 17.0. The second-order valence-corrected chi connectivity index (χ2v) is 6.04. The van der Waals surface area contributed by atoms with Crippen molar-refractivity contribution in [2.75, 3.05) is 32.8 Å². The van der Waals surface area contributed by atoms with Crippen molar-refractivity contribution >= 4 is 23.5 Å². The van der Waals surface area contributed by atoms with Crippen LogP contribution in [0.4, 0.5) is 5.69 Å². The smallest absolute Gasteiger partial charge is 0.355 e. The lowest BCUT2D eigenvalue weighted by atomic mass is 10.1. The van der Waals surface area contributed by atoms with Gasteiger partial charge in [-0.1, -0.05) is 0 Å². The van der Waals surface area contributed by atoms with Gasteiger partial charge in [0, 0.05) is 11.8 Å². The number of benzene rings is 1. The summed E-state index contributed by atoms with van der Waals surface area (Å²) in [5, 5.41) is 2.60. The number of aromatic nitrogens is 1. The van der Waals surface area contributed by atoms with E-state index in [9.17, 15) is 14.4 Å². The van der Waals surface area contributed by atoms with E-state index in [1.165, 1.54) is 14.2 Å². The van der Waals surface area contributed by atoms with Gasteiger partial charge in [0.25, 0.3) is 5.91 Å². The monoisotopic (exact) mass is 404 g/mol. The standard InChI is InChI=1S/C20H24N2O7/c1-6-28-19(24)17-11(2)18(21-12(17)3)20(25)29-10-16(23)22-14-9-13(26-4)7-8-15(14)27-5/h7-9,21H,6,10H2,1-5H3,(H,22,23). The molecule has 0 aliphatic heterocycles. The summed E-state index contributed by atoms with van der Waals surface area (Å²) < 4.78 is 20.4. The molecule has 156 valence electrons. The Hall–Kier alpha value is -3.49. The number of carbonyl (C=O) groups is 3. The van der Waals surface area contributed by atoms with E-state index in [1.807, 2.05) is 0 Å². The summed E-state index contributed by atoms with van der Waals surface area (Å²) in [6.07, 6.45) is 0. The zero-order valence-corrected chi connectivity index (χ0v) is 17.0. The number of rotatable bonds is 8. The van der Waals surface area contributed by atoms with Crippen LogP contribution in [0.15, 0.2) is 18.2 Å². The average Bonchev–Trinajstić information content (AvgIpc) is 3.00. The molecule has 1 aromatic heterocycles. The molecule has 0 aliphatic carbocycles. The topological polar surface area (TPSA) is 116 Å². The van der Waals surface area contributed by atoms with Gasteiger partial charge in [-0.15, -0.1) is 0 Å². The Bertz CT molecular complexity index is 918. The third kappa shape index (κ3) is 5.07. The maximum absolute atomic E-state index is 12.4. The predicted molar refractivity (Wildman–Crippen MR) is 105 cm³/mol. The van der Waals surface area contributed by atoms with Crippen LogP contribution < -0.4 is 14.8 Å². The number of esters is 2. The van der Waals surface area contributed by atoms with Gasteiger partial charge in [-0.2, -0.15) is 0 Å². The summed E-state index contributed by atoms with van der Waals surface area (Å²) in [5.74, 6) is -0.881. The molecule has 1 heterocycles. The van der Waals surface area contributed by atoms with E-state index in [-0.39, 0.29) is 17.9 Å². The fourth-order valence-corrected chi connectivity index (χ4v) is 2.76. The number of ether oxygens (including phenoxy) is 4. The quantitative estimate of drug-likeness (QED) is 0.650. The van der Waals surface area contributed by atoms with E-state index in [4.69, 9.17) is 18.9 Å². The molecule has 1 aromatic carbocycles. The Morgan fingerprint density at radius 2 is 1.76 bits per heavy atom. The van der Waals surface area contributed by atoms with Crippen LogP contribution in [0, 0.1) is 13.8 Å². The van der Waals surface area contributed by atoms with Crippen LogP contribution in [-0.2, 0) is 14.3 Å². The normalized spacial score (nSPS) is 10.2. The first kappa shape index (κ1) is 21.8. The van der Waals surface area contributed by atoms with Gasteiger partial charge in [0.15, 0.2) is 6.61 Å². The van der Waals surface area contributed by atoms with Crippen molar-refractivity contribution < 1.29 is 33.3 Å². The van der Waals surface area contributed by atoms with Gasteiger partial charge in [-0.3, -0.25) is 4.79 Å². The number of carbonyl (C=O) groups excluding carboxylic acids is 3. The molecule has 0 bridgehead atoms. The predicted octanol–water partition coefficient (Wildman–Crippen LogP) is 2.62. The molecule has 0 saturated heterocycles. The van der Waals surface area contributed by atoms with E-state index >= 15 is 0 Å². The van der Waals surface area contributed by atoms with Crippen LogP contribution in [0.5, 0.6) is 11.5 Å². The molecule has 0 saturated carbocycles.